The summed E-state index contributed by atoms with van der Waals surface area (Å²) in [5, 5.41) is 19.2. The van der Waals surface area contributed by atoms with E-state index in [1.807, 2.05) is 0 Å². The predicted molar refractivity (Wildman–Crippen MR) is 107 cm³/mol. The third-order valence-corrected chi connectivity index (χ3v) is 4.67. The minimum absolute atomic E-state index is 0.0269. The average molecular weight is 418 g/mol. The number of anilines is 1. The Kier molecular flexibility index (Phi) is 4.36. The Morgan fingerprint density at radius 1 is 1.16 bits per heavy atom. The number of rotatable bonds is 4. The van der Waals surface area contributed by atoms with Gasteiger partial charge in [0.2, 0.25) is 0 Å². The molecule has 2 aromatic heterocycles. The van der Waals surface area contributed by atoms with Crippen LogP contribution < -0.4 is 20.9 Å². The third kappa shape index (κ3) is 3.57. The summed E-state index contributed by atoms with van der Waals surface area (Å²) in [6, 6.07) is 10.1. The summed E-state index contributed by atoms with van der Waals surface area (Å²) < 4.78 is 5.31. The molecule has 4 aromatic rings. The molecule has 0 saturated carbocycles. The number of hydrogen-bond acceptors (Lipinski definition) is 8. The zero-order valence-electron chi connectivity index (χ0n) is 15.8. The summed E-state index contributed by atoms with van der Waals surface area (Å²) in [5.74, 6) is 0.0847. The number of nitrogens with zero attached hydrogens (tertiary/aromatic N) is 4. The second-order valence-electron chi connectivity index (χ2n) is 6.75. The highest BCUT2D eigenvalue weighted by molar-refractivity contribution is 5.95. The van der Waals surface area contributed by atoms with E-state index < -0.39 is 11.5 Å². The van der Waals surface area contributed by atoms with Gasteiger partial charge in [0, 0.05) is 12.1 Å². The molecule has 0 fully saturated rings. The van der Waals surface area contributed by atoms with Gasteiger partial charge in [0.15, 0.2) is 18.3 Å². The van der Waals surface area contributed by atoms with Gasteiger partial charge in [-0.05, 0) is 46.3 Å². The van der Waals surface area contributed by atoms with Crippen molar-refractivity contribution in [3.63, 3.8) is 0 Å². The maximum absolute atomic E-state index is 12.5. The number of amides is 2. The molecule has 0 radical (unpaired) electrons. The molecule has 154 valence electrons. The smallest absolute Gasteiger partial charge is 0.287 e. The van der Waals surface area contributed by atoms with Crippen molar-refractivity contribution in [2.24, 2.45) is 0 Å². The largest absolute Gasteiger partial charge is 0.482 e. The lowest BCUT2D eigenvalue weighted by atomic mass is 10.1. The van der Waals surface area contributed by atoms with Gasteiger partial charge in [-0.1, -0.05) is 6.07 Å². The molecule has 12 nitrogen and oxygen atoms in total. The molecule has 0 spiro atoms. The highest BCUT2D eigenvalue weighted by Crippen LogP contribution is 2.28. The molecule has 1 aliphatic rings. The van der Waals surface area contributed by atoms with E-state index in [1.165, 1.54) is 0 Å². The molecule has 4 N–H and O–H groups in total. The van der Waals surface area contributed by atoms with Gasteiger partial charge in [0.25, 0.3) is 17.4 Å². The molecule has 0 unspecified atom stereocenters. The molecule has 0 bridgehead atoms. The van der Waals surface area contributed by atoms with E-state index in [0.29, 0.717) is 33.7 Å². The number of aromatic nitrogens is 6. The lowest BCUT2D eigenvalue weighted by Gasteiger charge is -2.18. The normalized spacial score (nSPS) is 12.7. The van der Waals surface area contributed by atoms with Gasteiger partial charge in [-0.15, -0.1) is 5.10 Å². The van der Waals surface area contributed by atoms with Crippen LogP contribution in [0.2, 0.25) is 0 Å². The fourth-order valence-electron chi connectivity index (χ4n) is 3.18. The van der Waals surface area contributed by atoms with Crippen LogP contribution in [0.1, 0.15) is 16.2 Å². The SMILES string of the molecule is O=C1COc2ccc(CNC(=O)c3nc4ccc(-c5nnn[nH]5)cc4c(=O)[nH]3)cc2N1. The lowest BCUT2D eigenvalue weighted by Crippen LogP contribution is -2.28. The number of carbonyl (C=O) groups excluding carboxylic acids is 2. The van der Waals surface area contributed by atoms with E-state index in [-0.39, 0.29) is 24.9 Å². The molecule has 0 saturated heterocycles. The van der Waals surface area contributed by atoms with Crippen molar-refractivity contribution in [3.8, 4) is 17.1 Å². The van der Waals surface area contributed by atoms with Gasteiger partial charge in [0.1, 0.15) is 5.75 Å². The summed E-state index contributed by atoms with van der Waals surface area (Å²) >= 11 is 0. The predicted octanol–water partition coefficient (Wildman–Crippen LogP) is 0.364. The Hall–Kier alpha value is -4.61. The first-order valence-electron chi connectivity index (χ1n) is 9.19. The fraction of sp³-hybridized carbons (Fsp3) is 0.105. The van der Waals surface area contributed by atoms with Crippen LogP contribution in [0.4, 0.5) is 5.69 Å². The Balaban J connectivity index is 1.35. The van der Waals surface area contributed by atoms with Crippen LogP contribution in [0.5, 0.6) is 5.75 Å². The van der Waals surface area contributed by atoms with E-state index in [0.717, 1.165) is 5.56 Å². The van der Waals surface area contributed by atoms with Crippen LogP contribution in [0.3, 0.4) is 0 Å². The molecule has 12 heteroatoms. The zero-order valence-corrected chi connectivity index (χ0v) is 15.8. The van der Waals surface area contributed by atoms with Crippen LogP contribution >= 0.6 is 0 Å². The highest BCUT2D eigenvalue weighted by Gasteiger charge is 2.17. The minimum Gasteiger partial charge on any atom is -0.482 e. The molecule has 3 heterocycles. The van der Waals surface area contributed by atoms with Crippen molar-refractivity contribution in [2.45, 2.75) is 6.54 Å². The van der Waals surface area contributed by atoms with Crippen LogP contribution in [0.25, 0.3) is 22.3 Å². The van der Waals surface area contributed by atoms with Crippen molar-refractivity contribution in [3.05, 3.63) is 58.1 Å². The zero-order chi connectivity index (χ0) is 21.4. The summed E-state index contributed by atoms with van der Waals surface area (Å²) in [6.45, 7) is 0.141. The quantitative estimate of drug-likeness (QED) is 0.368. The Morgan fingerprint density at radius 2 is 2.06 bits per heavy atom. The molecule has 31 heavy (non-hydrogen) atoms. The van der Waals surface area contributed by atoms with Crippen LogP contribution in [-0.4, -0.2) is 49.0 Å². The van der Waals surface area contributed by atoms with E-state index >= 15 is 0 Å². The number of fused-ring (bicyclic) bond motifs is 2. The first-order valence-corrected chi connectivity index (χ1v) is 9.19. The topological polar surface area (TPSA) is 168 Å². The molecule has 5 rings (SSSR count). The van der Waals surface area contributed by atoms with Gasteiger partial charge < -0.3 is 20.4 Å². The molecule has 1 aliphatic heterocycles. The standard InChI is InChI=1S/C19H14N8O4/c28-15-8-31-14-4-1-9(5-13(14)21-15)7-20-19(30)17-22-12-3-2-10(16-24-26-27-25-16)6-11(12)18(29)23-17/h1-6H,7-8H2,(H,20,30)(H,21,28)(H,22,23,29)(H,24,25,26,27). The Bertz CT molecular complexity index is 1380. The summed E-state index contributed by atoms with van der Waals surface area (Å²) in [6.07, 6.45) is 0. The van der Waals surface area contributed by atoms with E-state index in [1.54, 1.807) is 36.4 Å². The Labute approximate surface area is 173 Å². The van der Waals surface area contributed by atoms with Crippen molar-refractivity contribution >= 4 is 28.4 Å². The van der Waals surface area contributed by atoms with Crippen molar-refractivity contribution in [1.29, 1.82) is 0 Å². The molecular formula is C19H14N8O4. The summed E-state index contributed by atoms with van der Waals surface area (Å²) in [5.41, 5.74) is 1.80. The highest BCUT2D eigenvalue weighted by atomic mass is 16.5. The van der Waals surface area contributed by atoms with E-state index in [2.05, 4.69) is 41.2 Å². The number of carbonyl (C=O) groups is 2. The summed E-state index contributed by atoms with van der Waals surface area (Å²) in [4.78, 5) is 43.2. The number of tetrazole rings is 1. The molecule has 0 atom stereocenters. The van der Waals surface area contributed by atoms with E-state index in [4.69, 9.17) is 4.74 Å². The molecule has 2 amide bonds. The van der Waals surface area contributed by atoms with Crippen LogP contribution in [-0.2, 0) is 11.3 Å². The number of nitrogens with one attached hydrogen (secondary N) is 4. The third-order valence-electron chi connectivity index (χ3n) is 4.67. The maximum Gasteiger partial charge on any atom is 0.287 e. The molecule has 0 aliphatic carbocycles. The van der Waals surface area contributed by atoms with E-state index in [9.17, 15) is 14.4 Å². The first-order chi connectivity index (χ1) is 15.1. The minimum atomic E-state index is -0.541. The van der Waals surface area contributed by atoms with Crippen LogP contribution in [0, 0.1) is 0 Å². The van der Waals surface area contributed by atoms with Gasteiger partial charge in [0.05, 0.1) is 16.6 Å². The fourth-order valence-corrected chi connectivity index (χ4v) is 3.18. The second kappa shape index (κ2) is 7.33. The van der Waals surface area contributed by atoms with Gasteiger partial charge in [-0.25, -0.2) is 10.1 Å². The average Bonchev–Trinajstić information content (AvgIpc) is 3.32. The molecule has 2 aromatic carbocycles. The Morgan fingerprint density at radius 3 is 2.90 bits per heavy atom. The number of aromatic amines is 2. The summed E-state index contributed by atoms with van der Waals surface area (Å²) in [7, 11) is 0. The monoisotopic (exact) mass is 418 g/mol. The van der Waals surface area contributed by atoms with Crippen molar-refractivity contribution in [1.82, 2.24) is 35.9 Å². The second-order valence-corrected chi connectivity index (χ2v) is 6.75. The number of hydrogen-bond donors (Lipinski definition) is 4. The maximum atomic E-state index is 12.5. The van der Waals surface area contributed by atoms with Gasteiger partial charge >= 0.3 is 0 Å². The number of benzene rings is 2. The van der Waals surface area contributed by atoms with Crippen molar-refractivity contribution < 1.29 is 14.3 Å². The number of H-pyrrole nitrogens is 2. The molecular weight excluding hydrogens is 404 g/mol. The van der Waals surface area contributed by atoms with Gasteiger partial charge in [-0.2, -0.15) is 0 Å². The van der Waals surface area contributed by atoms with Crippen molar-refractivity contribution in [2.75, 3.05) is 11.9 Å². The van der Waals surface area contributed by atoms with Crippen LogP contribution in [0.15, 0.2) is 41.2 Å². The number of ether oxygens (including phenoxy) is 1. The lowest BCUT2D eigenvalue weighted by molar-refractivity contribution is -0.118. The van der Waals surface area contributed by atoms with Gasteiger partial charge in [-0.3, -0.25) is 14.4 Å². The first kappa shape index (κ1) is 18.4.